The van der Waals surface area contributed by atoms with Gasteiger partial charge in [-0.25, -0.2) is 0 Å². The topological polar surface area (TPSA) is 23.4 Å². The first-order valence-corrected chi connectivity index (χ1v) is 6.12. The number of fused-ring (bicyclic) bond motifs is 1. The Morgan fingerprint density at radius 1 is 0.895 bits per heavy atom. The Balaban J connectivity index is 2.18. The normalized spacial score (nSPS) is 10.6. The van der Waals surface area contributed by atoms with Crippen LogP contribution in [0.3, 0.4) is 0 Å². The number of para-hydroxylation sites is 1. The third-order valence-corrected chi connectivity index (χ3v) is 3.28. The molecule has 19 heavy (non-hydrogen) atoms. The third-order valence-electron chi connectivity index (χ3n) is 3.28. The maximum absolute atomic E-state index is 5.37. The van der Waals surface area contributed by atoms with E-state index in [1.54, 1.807) is 19.0 Å². The Morgan fingerprint density at radius 2 is 1.63 bits per heavy atom. The van der Waals surface area contributed by atoms with Gasteiger partial charge in [-0.1, -0.05) is 30.3 Å². The summed E-state index contributed by atoms with van der Waals surface area (Å²) in [5, 5.41) is 1.18. The van der Waals surface area contributed by atoms with E-state index in [1.807, 2.05) is 36.5 Å². The van der Waals surface area contributed by atoms with Crippen LogP contribution in [0, 0.1) is 0 Å². The summed E-state index contributed by atoms with van der Waals surface area (Å²) in [5.74, 6) is 0.860. The standard InChI is InChI=1S/C16H15NO2/c1-18-13-9-7-12(8-10-13)15-11-17(19-2)16-6-4-3-5-14(15)16/h3-11H,1-2H3. The van der Waals surface area contributed by atoms with Crippen LogP contribution in [-0.2, 0) is 0 Å². The van der Waals surface area contributed by atoms with Crippen molar-refractivity contribution in [3.63, 3.8) is 0 Å². The molecule has 1 aromatic heterocycles. The van der Waals surface area contributed by atoms with E-state index in [9.17, 15) is 0 Å². The first-order valence-electron chi connectivity index (χ1n) is 6.12. The van der Waals surface area contributed by atoms with E-state index in [0.717, 1.165) is 22.4 Å². The zero-order chi connectivity index (χ0) is 13.2. The molecule has 0 aliphatic rings. The van der Waals surface area contributed by atoms with Crippen molar-refractivity contribution in [3.8, 4) is 16.9 Å². The molecule has 0 aliphatic carbocycles. The maximum Gasteiger partial charge on any atom is 0.118 e. The number of rotatable bonds is 3. The zero-order valence-electron chi connectivity index (χ0n) is 11.0. The average Bonchev–Trinajstić information content (AvgIpc) is 2.86. The molecule has 0 unspecified atom stereocenters. The molecule has 3 aromatic rings. The molecule has 0 amide bonds. The largest absolute Gasteiger partial charge is 0.497 e. The highest BCUT2D eigenvalue weighted by Crippen LogP contribution is 2.31. The van der Waals surface area contributed by atoms with Crippen molar-refractivity contribution in [2.75, 3.05) is 14.2 Å². The molecule has 3 heteroatoms. The summed E-state index contributed by atoms with van der Waals surface area (Å²) in [6, 6.07) is 16.2. The lowest BCUT2D eigenvalue weighted by Gasteiger charge is -2.02. The van der Waals surface area contributed by atoms with Crippen molar-refractivity contribution in [3.05, 3.63) is 54.7 Å². The Labute approximate surface area is 112 Å². The van der Waals surface area contributed by atoms with Crippen LogP contribution < -0.4 is 9.57 Å². The van der Waals surface area contributed by atoms with Crippen LogP contribution in [0.15, 0.2) is 54.7 Å². The SMILES string of the molecule is COc1ccc(-c2cn(OC)c3ccccc23)cc1. The highest BCUT2D eigenvalue weighted by molar-refractivity contribution is 5.95. The van der Waals surface area contributed by atoms with Gasteiger partial charge >= 0.3 is 0 Å². The monoisotopic (exact) mass is 253 g/mol. The lowest BCUT2D eigenvalue weighted by molar-refractivity contribution is 0.179. The highest BCUT2D eigenvalue weighted by Gasteiger charge is 2.09. The van der Waals surface area contributed by atoms with E-state index < -0.39 is 0 Å². The van der Waals surface area contributed by atoms with Gasteiger partial charge in [0.1, 0.15) is 12.9 Å². The van der Waals surface area contributed by atoms with Gasteiger partial charge in [0.15, 0.2) is 0 Å². The molecule has 0 fully saturated rings. The number of aromatic nitrogens is 1. The second-order valence-corrected chi connectivity index (χ2v) is 4.30. The Bertz CT molecular complexity index is 698. The highest BCUT2D eigenvalue weighted by atomic mass is 16.6. The van der Waals surface area contributed by atoms with Crippen molar-refractivity contribution in [2.24, 2.45) is 0 Å². The number of nitrogens with zero attached hydrogens (tertiary/aromatic N) is 1. The number of hydrogen-bond donors (Lipinski definition) is 0. The van der Waals surface area contributed by atoms with Gasteiger partial charge in [0, 0.05) is 10.9 Å². The molecule has 96 valence electrons. The fourth-order valence-electron chi connectivity index (χ4n) is 2.30. The van der Waals surface area contributed by atoms with E-state index in [1.165, 1.54) is 5.39 Å². The Kier molecular flexibility index (Phi) is 2.88. The van der Waals surface area contributed by atoms with Crippen molar-refractivity contribution < 1.29 is 9.57 Å². The minimum atomic E-state index is 0.860. The number of benzene rings is 2. The van der Waals surface area contributed by atoms with Crippen LogP contribution >= 0.6 is 0 Å². The molecule has 0 N–H and O–H groups in total. The van der Waals surface area contributed by atoms with Crippen LogP contribution in [0.25, 0.3) is 22.0 Å². The summed E-state index contributed by atoms with van der Waals surface area (Å²) < 4.78 is 6.98. The van der Waals surface area contributed by atoms with Crippen molar-refractivity contribution >= 4 is 10.9 Å². The Morgan fingerprint density at radius 3 is 2.32 bits per heavy atom. The van der Waals surface area contributed by atoms with E-state index >= 15 is 0 Å². The van der Waals surface area contributed by atoms with Gasteiger partial charge in [0.2, 0.25) is 0 Å². The molecular formula is C16H15NO2. The van der Waals surface area contributed by atoms with Gasteiger partial charge in [-0.3, -0.25) is 0 Å². The van der Waals surface area contributed by atoms with Crippen molar-refractivity contribution in [1.82, 2.24) is 4.73 Å². The van der Waals surface area contributed by atoms with E-state index in [4.69, 9.17) is 9.57 Å². The first-order chi connectivity index (χ1) is 9.33. The summed E-state index contributed by atoms with van der Waals surface area (Å²) in [7, 11) is 3.34. The quantitative estimate of drug-likeness (QED) is 0.714. The number of ether oxygens (including phenoxy) is 1. The Hall–Kier alpha value is -2.42. The summed E-state index contributed by atoms with van der Waals surface area (Å²) in [5.41, 5.74) is 3.36. The van der Waals surface area contributed by atoms with Crippen LogP contribution in [0.4, 0.5) is 0 Å². The van der Waals surface area contributed by atoms with Gasteiger partial charge in [0.05, 0.1) is 18.8 Å². The summed E-state index contributed by atoms with van der Waals surface area (Å²) in [4.78, 5) is 5.37. The molecule has 0 aliphatic heterocycles. The second-order valence-electron chi connectivity index (χ2n) is 4.30. The molecule has 0 radical (unpaired) electrons. The first kappa shape index (κ1) is 11.7. The van der Waals surface area contributed by atoms with E-state index in [2.05, 4.69) is 18.2 Å². The van der Waals surface area contributed by atoms with Gasteiger partial charge in [-0.05, 0) is 23.8 Å². The fourth-order valence-corrected chi connectivity index (χ4v) is 2.30. The predicted octanol–water partition coefficient (Wildman–Crippen LogP) is 3.38. The fraction of sp³-hybridized carbons (Fsp3) is 0.125. The minimum absolute atomic E-state index is 0.860. The molecule has 0 saturated carbocycles. The zero-order valence-corrected chi connectivity index (χ0v) is 11.0. The third kappa shape index (κ3) is 1.93. The lowest BCUT2D eigenvalue weighted by Crippen LogP contribution is -2.02. The average molecular weight is 253 g/mol. The van der Waals surface area contributed by atoms with Crippen molar-refractivity contribution in [1.29, 1.82) is 0 Å². The molecular weight excluding hydrogens is 238 g/mol. The van der Waals surface area contributed by atoms with Gasteiger partial charge in [-0.2, -0.15) is 4.73 Å². The number of hydrogen-bond acceptors (Lipinski definition) is 2. The van der Waals surface area contributed by atoms with E-state index in [0.29, 0.717) is 0 Å². The van der Waals surface area contributed by atoms with Crippen LogP contribution in [0.2, 0.25) is 0 Å². The van der Waals surface area contributed by atoms with E-state index in [-0.39, 0.29) is 0 Å². The molecule has 0 spiro atoms. The summed E-state index contributed by atoms with van der Waals surface area (Å²) in [6.07, 6.45) is 2.01. The van der Waals surface area contributed by atoms with Crippen LogP contribution in [0.5, 0.6) is 5.75 Å². The predicted molar refractivity (Wildman–Crippen MR) is 76.4 cm³/mol. The molecule has 0 bridgehead atoms. The van der Waals surface area contributed by atoms with Crippen LogP contribution in [-0.4, -0.2) is 19.0 Å². The molecule has 0 saturated heterocycles. The number of methoxy groups -OCH3 is 1. The second kappa shape index (κ2) is 4.69. The molecule has 1 heterocycles. The summed E-state index contributed by atoms with van der Waals surface area (Å²) >= 11 is 0. The minimum Gasteiger partial charge on any atom is -0.497 e. The molecule has 3 rings (SSSR count). The lowest BCUT2D eigenvalue weighted by atomic mass is 10.0. The van der Waals surface area contributed by atoms with Gasteiger partial charge in [0.25, 0.3) is 0 Å². The van der Waals surface area contributed by atoms with Crippen molar-refractivity contribution in [2.45, 2.75) is 0 Å². The van der Waals surface area contributed by atoms with Crippen LogP contribution in [0.1, 0.15) is 0 Å². The smallest absolute Gasteiger partial charge is 0.118 e. The van der Waals surface area contributed by atoms with Gasteiger partial charge < -0.3 is 9.57 Å². The molecule has 2 aromatic carbocycles. The summed E-state index contributed by atoms with van der Waals surface area (Å²) in [6.45, 7) is 0. The molecule has 0 atom stereocenters. The van der Waals surface area contributed by atoms with Gasteiger partial charge in [-0.15, -0.1) is 0 Å². The molecule has 3 nitrogen and oxygen atoms in total. The maximum atomic E-state index is 5.37.